The molecule has 1 aromatic carbocycles. The number of fused-ring (bicyclic) bond motifs is 1. The van der Waals surface area contributed by atoms with Crippen LogP contribution in [-0.4, -0.2) is 95.9 Å². The van der Waals surface area contributed by atoms with E-state index in [1.807, 2.05) is 12.1 Å². The summed E-state index contributed by atoms with van der Waals surface area (Å²) in [5, 5.41) is 10.8. The molecule has 4 heterocycles. The molecule has 2 aliphatic rings. The summed E-state index contributed by atoms with van der Waals surface area (Å²) < 4.78 is 2.16. The van der Waals surface area contributed by atoms with Gasteiger partial charge in [0.1, 0.15) is 17.2 Å². The molecule has 0 spiro atoms. The van der Waals surface area contributed by atoms with Crippen LogP contribution in [0.3, 0.4) is 0 Å². The first-order valence-corrected chi connectivity index (χ1v) is 11.0. The zero-order valence-electron chi connectivity index (χ0n) is 18.6. The highest BCUT2D eigenvalue weighted by Crippen LogP contribution is 2.34. The van der Waals surface area contributed by atoms with Crippen molar-refractivity contribution in [3.05, 3.63) is 30.3 Å². The van der Waals surface area contributed by atoms with Crippen LogP contribution in [0.25, 0.3) is 22.3 Å². The van der Waals surface area contributed by atoms with Crippen LogP contribution >= 0.6 is 0 Å². The van der Waals surface area contributed by atoms with Crippen molar-refractivity contribution in [1.29, 1.82) is 0 Å². The lowest BCUT2D eigenvalue weighted by Crippen LogP contribution is -2.46. The van der Waals surface area contributed by atoms with Gasteiger partial charge in [-0.1, -0.05) is 0 Å². The van der Waals surface area contributed by atoms with E-state index in [9.17, 15) is 5.11 Å². The van der Waals surface area contributed by atoms with Gasteiger partial charge in [-0.15, -0.1) is 0 Å². The third-order valence-corrected chi connectivity index (χ3v) is 6.61. The van der Waals surface area contributed by atoms with Crippen LogP contribution in [0.2, 0.25) is 0 Å². The normalized spacial score (nSPS) is 18.8. The third-order valence-electron chi connectivity index (χ3n) is 6.61. The maximum atomic E-state index is 9.70. The minimum absolute atomic E-state index is 0.276. The lowest BCUT2D eigenvalue weighted by atomic mass is 10.1. The molecule has 31 heavy (non-hydrogen) atoms. The lowest BCUT2D eigenvalue weighted by molar-refractivity contribution is 0.309. The Labute approximate surface area is 183 Å². The molecular weight excluding hydrogens is 390 g/mol. The molecule has 5 rings (SSSR count). The number of hydrogen-bond donors (Lipinski definition) is 1. The summed E-state index contributed by atoms with van der Waals surface area (Å²) >= 11 is 0. The minimum atomic E-state index is 0.276. The minimum Gasteiger partial charge on any atom is -0.508 e. The molecule has 2 saturated heterocycles. The first-order chi connectivity index (χ1) is 15.0. The van der Waals surface area contributed by atoms with Gasteiger partial charge in [0.05, 0.1) is 11.1 Å². The Morgan fingerprint density at radius 2 is 1.32 bits per heavy atom. The quantitative estimate of drug-likeness (QED) is 0.692. The van der Waals surface area contributed by atoms with E-state index in [-0.39, 0.29) is 5.75 Å². The smallest absolute Gasteiger partial charge is 0.229 e. The Hall–Kier alpha value is -2.84. The van der Waals surface area contributed by atoms with Gasteiger partial charge in [-0.3, -0.25) is 0 Å². The van der Waals surface area contributed by atoms with Crippen LogP contribution in [0.1, 0.15) is 0 Å². The van der Waals surface area contributed by atoms with E-state index in [1.54, 1.807) is 12.1 Å². The monoisotopic (exact) mass is 421 g/mol. The lowest BCUT2D eigenvalue weighted by Gasteiger charge is -2.35. The van der Waals surface area contributed by atoms with Gasteiger partial charge in [0.15, 0.2) is 0 Å². The molecule has 8 nitrogen and oxygen atoms in total. The summed E-state index contributed by atoms with van der Waals surface area (Å²) in [6, 6.07) is 9.57. The topological polar surface area (TPSA) is 63.9 Å². The van der Waals surface area contributed by atoms with Crippen molar-refractivity contribution in [1.82, 2.24) is 24.3 Å². The molecule has 3 aromatic rings. The van der Waals surface area contributed by atoms with Crippen molar-refractivity contribution in [3.63, 3.8) is 0 Å². The molecule has 0 saturated carbocycles. The van der Waals surface area contributed by atoms with Crippen molar-refractivity contribution in [3.8, 4) is 17.0 Å². The highest BCUT2D eigenvalue weighted by atomic mass is 16.3. The van der Waals surface area contributed by atoms with E-state index < -0.39 is 0 Å². The van der Waals surface area contributed by atoms with Crippen LogP contribution in [0, 0.1) is 0 Å². The molecule has 2 fully saturated rings. The molecule has 164 valence electrons. The maximum Gasteiger partial charge on any atom is 0.229 e. The molecule has 8 heteroatoms. The Balaban J connectivity index is 1.62. The Morgan fingerprint density at radius 3 is 1.94 bits per heavy atom. The van der Waals surface area contributed by atoms with Gasteiger partial charge in [-0.25, -0.2) is 0 Å². The van der Waals surface area contributed by atoms with Gasteiger partial charge in [-0.2, -0.15) is 9.97 Å². The largest absolute Gasteiger partial charge is 0.508 e. The predicted molar refractivity (Wildman–Crippen MR) is 125 cm³/mol. The van der Waals surface area contributed by atoms with E-state index in [2.05, 4.69) is 51.4 Å². The fourth-order valence-electron chi connectivity index (χ4n) is 4.48. The number of aromatic hydroxyl groups is 1. The summed E-state index contributed by atoms with van der Waals surface area (Å²) in [6.07, 6.45) is 0. The van der Waals surface area contributed by atoms with Gasteiger partial charge >= 0.3 is 0 Å². The number of benzene rings is 1. The van der Waals surface area contributed by atoms with E-state index in [4.69, 9.17) is 9.97 Å². The highest BCUT2D eigenvalue weighted by Gasteiger charge is 2.25. The summed E-state index contributed by atoms with van der Waals surface area (Å²) in [5.41, 5.74) is 3.10. The number of aryl methyl sites for hydroxylation is 1. The fourth-order valence-corrected chi connectivity index (χ4v) is 4.48. The van der Waals surface area contributed by atoms with Crippen LogP contribution in [-0.2, 0) is 7.05 Å². The number of anilines is 2. The molecule has 0 radical (unpaired) electrons. The maximum absolute atomic E-state index is 9.70. The Morgan fingerprint density at radius 1 is 0.742 bits per heavy atom. The number of phenolic OH excluding ortho intramolecular Hbond substituents is 1. The van der Waals surface area contributed by atoms with Gasteiger partial charge in [-0.05, 0) is 50.0 Å². The number of phenols is 1. The van der Waals surface area contributed by atoms with Crippen LogP contribution in [0.15, 0.2) is 30.3 Å². The molecule has 2 aromatic heterocycles. The molecule has 0 amide bonds. The molecule has 0 aliphatic carbocycles. The standard InChI is InChI=1S/C23H31N7O/c1-26-8-12-29(13-9-26)22-19-16-20(17-4-6-18(31)7-5-17)28(3)21(19)24-23(25-22)30-14-10-27(2)11-15-30/h4-7,16,31H,8-15H2,1-3H3. The van der Waals surface area contributed by atoms with E-state index >= 15 is 0 Å². The molecule has 0 unspecified atom stereocenters. The second kappa shape index (κ2) is 8.01. The molecule has 0 atom stereocenters. The fraction of sp³-hybridized carbons (Fsp3) is 0.478. The van der Waals surface area contributed by atoms with Crippen molar-refractivity contribution >= 4 is 22.8 Å². The van der Waals surface area contributed by atoms with E-state index in [0.717, 1.165) is 86.4 Å². The zero-order valence-corrected chi connectivity index (χ0v) is 18.6. The number of piperazine rings is 2. The van der Waals surface area contributed by atoms with Crippen molar-refractivity contribution in [2.75, 3.05) is 76.3 Å². The van der Waals surface area contributed by atoms with Crippen molar-refractivity contribution in [2.45, 2.75) is 0 Å². The van der Waals surface area contributed by atoms with Crippen LogP contribution in [0.4, 0.5) is 11.8 Å². The van der Waals surface area contributed by atoms with E-state index in [1.165, 1.54) is 0 Å². The Kier molecular flexibility index (Phi) is 5.19. The van der Waals surface area contributed by atoms with Gasteiger partial charge in [0.25, 0.3) is 0 Å². The van der Waals surface area contributed by atoms with Crippen molar-refractivity contribution < 1.29 is 5.11 Å². The summed E-state index contributed by atoms with van der Waals surface area (Å²) in [7, 11) is 6.41. The first-order valence-electron chi connectivity index (χ1n) is 11.0. The zero-order chi connectivity index (χ0) is 21.5. The number of hydrogen-bond acceptors (Lipinski definition) is 7. The summed E-state index contributed by atoms with van der Waals surface area (Å²) in [6.45, 7) is 7.94. The molecule has 2 aliphatic heterocycles. The SMILES string of the molecule is CN1CCN(c2nc(N3CCN(C)CC3)c3cc(-c4ccc(O)cc4)n(C)c3n2)CC1. The summed E-state index contributed by atoms with van der Waals surface area (Å²) in [5.74, 6) is 2.14. The number of rotatable bonds is 3. The van der Waals surface area contributed by atoms with Gasteiger partial charge in [0, 0.05) is 59.4 Å². The summed E-state index contributed by atoms with van der Waals surface area (Å²) in [4.78, 5) is 19.6. The van der Waals surface area contributed by atoms with Crippen LogP contribution < -0.4 is 9.80 Å². The average molecular weight is 422 g/mol. The number of aromatic nitrogens is 3. The first kappa shape index (κ1) is 20.1. The second-order valence-electron chi connectivity index (χ2n) is 8.80. The molecular formula is C23H31N7O. The highest BCUT2D eigenvalue weighted by molar-refractivity contribution is 5.94. The third kappa shape index (κ3) is 3.81. The second-order valence-corrected chi connectivity index (χ2v) is 8.80. The molecule has 1 N–H and O–H groups in total. The number of likely N-dealkylation sites (N-methyl/N-ethyl adjacent to an activating group) is 2. The predicted octanol–water partition coefficient (Wildman–Crippen LogP) is 1.84. The average Bonchev–Trinajstić information content (AvgIpc) is 3.11. The van der Waals surface area contributed by atoms with Gasteiger partial charge < -0.3 is 29.3 Å². The van der Waals surface area contributed by atoms with Crippen LogP contribution in [0.5, 0.6) is 5.75 Å². The molecule has 0 bridgehead atoms. The number of nitrogens with zero attached hydrogens (tertiary/aromatic N) is 7. The van der Waals surface area contributed by atoms with E-state index in [0.29, 0.717) is 0 Å². The van der Waals surface area contributed by atoms with Gasteiger partial charge in [0.2, 0.25) is 5.95 Å². The Bertz CT molecular complexity index is 1060. The van der Waals surface area contributed by atoms with Crippen molar-refractivity contribution in [2.24, 2.45) is 7.05 Å².